The molecule has 0 saturated heterocycles. The van der Waals surface area contributed by atoms with Gasteiger partial charge in [0.05, 0.1) is 11.8 Å². The minimum Gasteiger partial charge on any atom is -0.508 e. The van der Waals surface area contributed by atoms with E-state index in [-0.39, 0.29) is 52.4 Å². The van der Waals surface area contributed by atoms with Gasteiger partial charge in [-0.05, 0) is 82.8 Å². The Bertz CT molecular complexity index is 2380. The summed E-state index contributed by atoms with van der Waals surface area (Å²) < 4.78 is 13.5. The molecule has 0 radical (unpaired) electrons. The van der Waals surface area contributed by atoms with Crippen molar-refractivity contribution in [2.45, 2.75) is 36.4 Å². The standard InChI is InChI=1S/C42H32O10/c43-22-5-1-19(2-6-22)41-36(21-11-25(46)13-26(47)12-21)38-31-17-29(28-10-9-24(45)15-32(28)49)37-30(14-27(48)16-33(37)50)40-39(31)35(18-34(38)51-41)52-42(40)20-3-7-23(44)8-4-20/h1-16,18,29,36,40-50H,17H2/t29-,36-,40-,41+,42+/m1/s1. The number of phenolic OH excluding ortho intramolecular Hbond substituents is 8. The molecule has 0 fully saturated rings. The summed E-state index contributed by atoms with van der Waals surface area (Å²) in [6, 6.07) is 26.6. The van der Waals surface area contributed by atoms with E-state index in [1.54, 1.807) is 72.8 Å². The second-order valence-electron chi connectivity index (χ2n) is 13.6. The van der Waals surface area contributed by atoms with Gasteiger partial charge in [-0.1, -0.05) is 30.3 Å². The van der Waals surface area contributed by atoms with Gasteiger partial charge < -0.3 is 50.3 Å². The van der Waals surface area contributed by atoms with Gasteiger partial charge in [-0.2, -0.15) is 0 Å². The third-order valence-corrected chi connectivity index (χ3v) is 10.6. The van der Waals surface area contributed by atoms with Gasteiger partial charge in [-0.3, -0.25) is 0 Å². The van der Waals surface area contributed by atoms with Crippen LogP contribution in [-0.2, 0) is 6.42 Å². The molecule has 0 aromatic heterocycles. The third-order valence-electron chi connectivity index (χ3n) is 10.6. The van der Waals surface area contributed by atoms with Gasteiger partial charge in [0.1, 0.15) is 69.7 Å². The lowest BCUT2D eigenvalue weighted by Gasteiger charge is -2.25. The maximum Gasteiger partial charge on any atom is 0.135 e. The van der Waals surface area contributed by atoms with Crippen LogP contribution in [0, 0.1) is 0 Å². The van der Waals surface area contributed by atoms with Crippen molar-refractivity contribution in [3.05, 3.63) is 153 Å². The van der Waals surface area contributed by atoms with Crippen LogP contribution in [0.3, 0.4) is 0 Å². The molecule has 260 valence electrons. The van der Waals surface area contributed by atoms with Crippen LogP contribution in [-0.4, -0.2) is 40.9 Å². The summed E-state index contributed by atoms with van der Waals surface area (Å²) in [6.07, 6.45) is -1.16. The zero-order valence-corrected chi connectivity index (χ0v) is 27.3. The van der Waals surface area contributed by atoms with Crippen molar-refractivity contribution in [1.82, 2.24) is 0 Å². The zero-order chi connectivity index (χ0) is 36.0. The van der Waals surface area contributed by atoms with Gasteiger partial charge in [0.15, 0.2) is 0 Å². The average molecular weight is 697 g/mol. The summed E-state index contributed by atoms with van der Waals surface area (Å²) in [5.41, 5.74) is 5.73. The van der Waals surface area contributed by atoms with Crippen LogP contribution in [0.5, 0.6) is 57.5 Å². The summed E-state index contributed by atoms with van der Waals surface area (Å²) >= 11 is 0. The summed E-state index contributed by atoms with van der Waals surface area (Å²) in [6.45, 7) is 0. The molecule has 3 aliphatic rings. The Labute approximate surface area is 296 Å². The second-order valence-corrected chi connectivity index (χ2v) is 13.6. The number of phenols is 8. The van der Waals surface area contributed by atoms with Gasteiger partial charge in [0, 0.05) is 52.4 Å². The van der Waals surface area contributed by atoms with E-state index >= 15 is 0 Å². The van der Waals surface area contributed by atoms with Gasteiger partial charge >= 0.3 is 0 Å². The van der Waals surface area contributed by atoms with E-state index in [9.17, 15) is 40.9 Å². The van der Waals surface area contributed by atoms with Crippen molar-refractivity contribution in [2.24, 2.45) is 0 Å². The second kappa shape index (κ2) is 11.4. The van der Waals surface area contributed by atoms with E-state index in [2.05, 4.69) is 0 Å². The maximum absolute atomic E-state index is 11.7. The van der Waals surface area contributed by atoms with Crippen molar-refractivity contribution < 1.29 is 50.3 Å². The topological polar surface area (TPSA) is 180 Å². The molecule has 2 aliphatic heterocycles. The maximum atomic E-state index is 11.7. The first-order valence-corrected chi connectivity index (χ1v) is 16.8. The van der Waals surface area contributed by atoms with E-state index in [4.69, 9.17) is 9.47 Å². The number of benzene rings is 6. The molecule has 6 aromatic carbocycles. The molecule has 0 spiro atoms. The molecule has 10 heteroatoms. The zero-order valence-electron chi connectivity index (χ0n) is 27.3. The Morgan fingerprint density at radius 3 is 1.52 bits per heavy atom. The van der Waals surface area contributed by atoms with Crippen LogP contribution in [0.15, 0.2) is 103 Å². The highest BCUT2D eigenvalue weighted by molar-refractivity contribution is 5.69. The van der Waals surface area contributed by atoms with E-state index in [0.717, 1.165) is 27.8 Å². The third kappa shape index (κ3) is 4.86. The van der Waals surface area contributed by atoms with Gasteiger partial charge in [-0.25, -0.2) is 0 Å². The molecule has 1 aliphatic carbocycles. The molecule has 10 nitrogen and oxygen atoms in total. The molecule has 0 saturated carbocycles. The van der Waals surface area contributed by atoms with E-state index in [0.29, 0.717) is 33.8 Å². The SMILES string of the molecule is Oc1ccc([C@@H]2Oc3cc4c5c(c3[C@H]2c2cc(O)cc(O)c2)C[C@H](c2ccc(O)cc2O)c2c(O)cc(O)cc2[C@H]5[C@H](c2ccc(O)cc2)O4)cc1. The first-order valence-electron chi connectivity index (χ1n) is 16.8. The molecule has 0 bridgehead atoms. The molecule has 0 amide bonds. The number of hydrogen-bond donors (Lipinski definition) is 8. The molecule has 8 N–H and O–H groups in total. The number of fused-ring (bicyclic) bond motifs is 4. The highest BCUT2D eigenvalue weighted by atomic mass is 16.5. The summed E-state index contributed by atoms with van der Waals surface area (Å²) in [5.74, 6) is -1.76. The fourth-order valence-corrected chi connectivity index (χ4v) is 8.51. The Balaban J connectivity index is 1.36. The van der Waals surface area contributed by atoms with Gasteiger partial charge in [0.25, 0.3) is 0 Å². The van der Waals surface area contributed by atoms with E-state index in [1.807, 2.05) is 6.07 Å². The fraction of sp³-hybridized carbons (Fsp3) is 0.143. The smallest absolute Gasteiger partial charge is 0.135 e. The monoisotopic (exact) mass is 696 g/mol. The van der Waals surface area contributed by atoms with Crippen molar-refractivity contribution >= 4 is 0 Å². The lowest BCUT2D eigenvalue weighted by atomic mass is 9.77. The quantitative estimate of drug-likeness (QED) is 0.0917. The number of rotatable bonds is 4. The van der Waals surface area contributed by atoms with Crippen LogP contribution in [0.4, 0.5) is 0 Å². The summed E-state index contributed by atoms with van der Waals surface area (Å²) in [7, 11) is 0. The molecule has 6 aromatic rings. The Hall–Kier alpha value is -6.68. The largest absolute Gasteiger partial charge is 0.508 e. The Morgan fingerprint density at radius 2 is 0.923 bits per heavy atom. The van der Waals surface area contributed by atoms with Crippen LogP contribution >= 0.6 is 0 Å². The predicted molar refractivity (Wildman–Crippen MR) is 188 cm³/mol. The van der Waals surface area contributed by atoms with E-state index < -0.39 is 30.0 Å². The molecule has 5 atom stereocenters. The highest BCUT2D eigenvalue weighted by Gasteiger charge is 2.49. The summed E-state index contributed by atoms with van der Waals surface area (Å²) in [5, 5.41) is 85.8. The number of ether oxygens (including phenoxy) is 2. The predicted octanol–water partition coefficient (Wildman–Crippen LogP) is 7.55. The minimum atomic E-state index is -0.705. The molecular weight excluding hydrogens is 664 g/mol. The lowest BCUT2D eigenvalue weighted by Crippen LogP contribution is -2.14. The van der Waals surface area contributed by atoms with Crippen LogP contribution in [0.25, 0.3) is 0 Å². The van der Waals surface area contributed by atoms with Gasteiger partial charge in [0.2, 0.25) is 0 Å². The molecular formula is C42H32O10. The van der Waals surface area contributed by atoms with Crippen molar-refractivity contribution in [1.29, 1.82) is 0 Å². The first kappa shape index (κ1) is 31.3. The average Bonchev–Trinajstić information content (AvgIpc) is 3.62. The van der Waals surface area contributed by atoms with Crippen LogP contribution in [0.1, 0.15) is 80.0 Å². The Kier molecular flexibility index (Phi) is 6.88. The number of aromatic hydroxyl groups is 8. The van der Waals surface area contributed by atoms with Crippen molar-refractivity contribution in [3.63, 3.8) is 0 Å². The fourth-order valence-electron chi connectivity index (χ4n) is 8.51. The molecule has 2 heterocycles. The van der Waals surface area contributed by atoms with Crippen molar-refractivity contribution in [3.8, 4) is 57.5 Å². The molecule has 52 heavy (non-hydrogen) atoms. The minimum absolute atomic E-state index is 0.0734. The normalized spacial score (nSPS) is 21.0. The molecule has 9 rings (SSSR count). The first-order chi connectivity index (χ1) is 25.0. The van der Waals surface area contributed by atoms with Crippen LogP contribution in [0.2, 0.25) is 0 Å². The molecule has 0 unspecified atom stereocenters. The van der Waals surface area contributed by atoms with E-state index in [1.165, 1.54) is 24.3 Å². The lowest BCUT2D eigenvalue weighted by molar-refractivity contribution is 0.212. The van der Waals surface area contributed by atoms with Crippen LogP contribution < -0.4 is 9.47 Å². The van der Waals surface area contributed by atoms with Gasteiger partial charge in [-0.15, -0.1) is 0 Å². The highest BCUT2D eigenvalue weighted by Crippen LogP contribution is 2.63. The number of hydrogen-bond acceptors (Lipinski definition) is 10. The Morgan fingerprint density at radius 1 is 0.404 bits per heavy atom. The summed E-state index contributed by atoms with van der Waals surface area (Å²) in [4.78, 5) is 0. The van der Waals surface area contributed by atoms with Crippen molar-refractivity contribution in [2.75, 3.05) is 0 Å².